The Morgan fingerprint density at radius 2 is 1.96 bits per heavy atom. The molecule has 0 saturated carbocycles. The van der Waals surface area contributed by atoms with Crippen LogP contribution in [0.15, 0.2) is 47.1 Å². The average Bonchev–Trinajstić information content (AvgIpc) is 3.20. The van der Waals surface area contributed by atoms with E-state index in [4.69, 9.17) is 9.15 Å². The van der Waals surface area contributed by atoms with Gasteiger partial charge in [-0.25, -0.2) is 4.79 Å². The number of methoxy groups -OCH3 is 1. The predicted molar refractivity (Wildman–Crippen MR) is 102 cm³/mol. The molecule has 144 valence electrons. The molecular formula is C20H25N3O4. The van der Waals surface area contributed by atoms with Crippen LogP contribution in [0.4, 0.5) is 10.5 Å². The quantitative estimate of drug-likeness (QED) is 0.875. The maximum absolute atomic E-state index is 13.1. The number of urea groups is 1. The molecule has 2 aromatic rings. The molecule has 27 heavy (non-hydrogen) atoms. The van der Waals surface area contributed by atoms with Crippen molar-refractivity contribution in [3.8, 4) is 5.75 Å². The van der Waals surface area contributed by atoms with Gasteiger partial charge in [-0.2, -0.15) is 0 Å². The van der Waals surface area contributed by atoms with E-state index in [9.17, 15) is 9.59 Å². The molecule has 3 rings (SSSR count). The number of amides is 3. The number of carbonyl (C=O) groups excluding carboxylic acids is 2. The van der Waals surface area contributed by atoms with Crippen LogP contribution in [-0.2, 0) is 11.3 Å². The number of anilines is 1. The van der Waals surface area contributed by atoms with Gasteiger partial charge < -0.3 is 24.3 Å². The lowest BCUT2D eigenvalue weighted by Gasteiger charge is -2.38. The second-order valence-corrected chi connectivity index (χ2v) is 6.57. The molecule has 7 heteroatoms. The molecule has 0 unspecified atom stereocenters. The topological polar surface area (TPSA) is 75.0 Å². The Balaban J connectivity index is 1.75. The fraction of sp³-hybridized carbons (Fsp3) is 0.400. The number of para-hydroxylation sites is 2. The number of benzene rings is 1. The first-order valence-corrected chi connectivity index (χ1v) is 9.07. The van der Waals surface area contributed by atoms with Gasteiger partial charge in [-0.05, 0) is 37.1 Å². The van der Waals surface area contributed by atoms with E-state index in [1.54, 1.807) is 37.3 Å². The standard InChI is InChI=1S/C20H25N3O4/c1-15(24)22-11-9-16(10-12-22)23(14-17-6-5-13-27-17)20(25)21-18-7-3-4-8-19(18)26-2/h3-8,13,16H,9-12,14H2,1-2H3,(H,21,25). The molecule has 1 aliphatic rings. The highest BCUT2D eigenvalue weighted by Gasteiger charge is 2.29. The molecule has 2 heterocycles. The summed E-state index contributed by atoms with van der Waals surface area (Å²) in [5.74, 6) is 1.40. The number of furan rings is 1. The van der Waals surface area contributed by atoms with E-state index in [0.717, 1.165) is 18.6 Å². The molecule has 0 radical (unpaired) electrons. The van der Waals surface area contributed by atoms with Crippen LogP contribution in [0.2, 0.25) is 0 Å². The van der Waals surface area contributed by atoms with E-state index in [-0.39, 0.29) is 18.0 Å². The van der Waals surface area contributed by atoms with Gasteiger partial charge in [0.15, 0.2) is 0 Å². The minimum Gasteiger partial charge on any atom is -0.495 e. The molecule has 1 fully saturated rings. The van der Waals surface area contributed by atoms with Crippen molar-refractivity contribution >= 4 is 17.6 Å². The van der Waals surface area contributed by atoms with E-state index in [2.05, 4.69) is 5.32 Å². The molecule has 1 aromatic carbocycles. The number of ether oxygens (including phenoxy) is 1. The van der Waals surface area contributed by atoms with Gasteiger partial charge in [-0.15, -0.1) is 0 Å². The minimum absolute atomic E-state index is 0.0282. The molecule has 7 nitrogen and oxygen atoms in total. The number of likely N-dealkylation sites (tertiary alicyclic amines) is 1. The van der Waals surface area contributed by atoms with Gasteiger partial charge in [-0.1, -0.05) is 12.1 Å². The van der Waals surface area contributed by atoms with E-state index >= 15 is 0 Å². The van der Waals surface area contributed by atoms with E-state index in [1.165, 1.54) is 0 Å². The second-order valence-electron chi connectivity index (χ2n) is 6.57. The second kappa shape index (κ2) is 8.62. The largest absolute Gasteiger partial charge is 0.495 e. The smallest absolute Gasteiger partial charge is 0.322 e. The minimum atomic E-state index is -0.211. The molecule has 0 aliphatic carbocycles. The number of nitrogens with one attached hydrogen (secondary N) is 1. The van der Waals surface area contributed by atoms with Crippen molar-refractivity contribution in [3.63, 3.8) is 0 Å². The summed E-state index contributed by atoms with van der Waals surface area (Å²) < 4.78 is 10.8. The van der Waals surface area contributed by atoms with Crippen molar-refractivity contribution in [2.24, 2.45) is 0 Å². The number of rotatable bonds is 5. The molecular weight excluding hydrogens is 346 g/mol. The third-order valence-corrected chi connectivity index (χ3v) is 4.87. The van der Waals surface area contributed by atoms with Crippen LogP contribution in [0.25, 0.3) is 0 Å². The molecule has 1 aromatic heterocycles. The number of carbonyl (C=O) groups is 2. The number of nitrogens with zero attached hydrogens (tertiary/aromatic N) is 2. The number of hydrogen-bond acceptors (Lipinski definition) is 4. The average molecular weight is 371 g/mol. The summed E-state index contributed by atoms with van der Waals surface area (Å²) in [6.45, 7) is 3.25. The SMILES string of the molecule is COc1ccccc1NC(=O)N(Cc1ccco1)C1CCN(C(C)=O)CC1. The Hall–Kier alpha value is -2.96. The fourth-order valence-corrected chi connectivity index (χ4v) is 3.36. The third kappa shape index (κ3) is 4.61. The maximum atomic E-state index is 13.1. The lowest BCUT2D eigenvalue weighted by molar-refractivity contribution is -0.130. The fourth-order valence-electron chi connectivity index (χ4n) is 3.36. The molecule has 1 saturated heterocycles. The Kier molecular flexibility index (Phi) is 6.01. The molecule has 3 amide bonds. The molecule has 0 atom stereocenters. The van der Waals surface area contributed by atoms with Gasteiger partial charge in [0.05, 0.1) is 25.6 Å². The monoisotopic (exact) mass is 371 g/mol. The van der Waals surface area contributed by atoms with Crippen molar-refractivity contribution < 1.29 is 18.7 Å². The van der Waals surface area contributed by atoms with Crippen LogP contribution in [-0.4, -0.2) is 48.0 Å². The summed E-state index contributed by atoms with van der Waals surface area (Å²) in [6.07, 6.45) is 3.07. The van der Waals surface area contributed by atoms with Crippen LogP contribution >= 0.6 is 0 Å². The van der Waals surface area contributed by atoms with Gasteiger partial charge in [0.2, 0.25) is 5.91 Å². The first-order chi connectivity index (χ1) is 13.1. The normalized spacial score (nSPS) is 14.7. The highest BCUT2D eigenvalue weighted by molar-refractivity contribution is 5.91. The van der Waals surface area contributed by atoms with Gasteiger partial charge in [0, 0.05) is 26.1 Å². The van der Waals surface area contributed by atoms with Crippen LogP contribution < -0.4 is 10.1 Å². The van der Waals surface area contributed by atoms with E-state index < -0.39 is 0 Å². The molecule has 0 bridgehead atoms. The molecule has 0 spiro atoms. The first kappa shape index (κ1) is 18.8. The van der Waals surface area contributed by atoms with Crippen molar-refractivity contribution in [1.82, 2.24) is 9.80 Å². The summed E-state index contributed by atoms with van der Waals surface area (Å²) in [5, 5.41) is 2.95. The van der Waals surface area contributed by atoms with Crippen LogP contribution in [0, 0.1) is 0 Å². The van der Waals surface area contributed by atoms with Crippen LogP contribution in [0.3, 0.4) is 0 Å². The van der Waals surface area contributed by atoms with Crippen molar-refractivity contribution in [3.05, 3.63) is 48.4 Å². The van der Waals surface area contributed by atoms with Gasteiger partial charge in [0.1, 0.15) is 11.5 Å². The Morgan fingerprint density at radius 3 is 2.59 bits per heavy atom. The van der Waals surface area contributed by atoms with Crippen molar-refractivity contribution in [2.45, 2.75) is 32.4 Å². The van der Waals surface area contributed by atoms with Gasteiger partial charge in [0.25, 0.3) is 0 Å². The van der Waals surface area contributed by atoms with Crippen molar-refractivity contribution in [1.29, 1.82) is 0 Å². The van der Waals surface area contributed by atoms with Gasteiger partial charge in [-0.3, -0.25) is 4.79 Å². The number of hydrogen-bond donors (Lipinski definition) is 1. The van der Waals surface area contributed by atoms with Crippen molar-refractivity contribution in [2.75, 3.05) is 25.5 Å². The summed E-state index contributed by atoms with van der Waals surface area (Å²) in [6, 6.07) is 10.8. The van der Waals surface area contributed by atoms with Crippen LogP contribution in [0.1, 0.15) is 25.5 Å². The third-order valence-electron chi connectivity index (χ3n) is 4.87. The van der Waals surface area contributed by atoms with E-state index in [1.807, 2.05) is 29.2 Å². The molecule has 1 aliphatic heterocycles. The Morgan fingerprint density at radius 1 is 1.22 bits per heavy atom. The number of piperidine rings is 1. The predicted octanol–water partition coefficient (Wildman–Crippen LogP) is 3.33. The Bertz CT molecular complexity index is 767. The first-order valence-electron chi connectivity index (χ1n) is 9.07. The lowest BCUT2D eigenvalue weighted by atomic mass is 10.0. The van der Waals surface area contributed by atoms with Crippen LogP contribution in [0.5, 0.6) is 5.75 Å². The summed E-state index contributed by atoms with van der Waals surface area (Å²) in [7, 11) is 1.57. The zero-order valence-corrected chi connectivity index (χ0v) is 15.7. The summed E-state index contributed by atoms with van der Waals surface area (Å²) >= 11 is 0. The highest BCUT2D eigenvalue weighted by Crippen LogP contribution is 2.25. The highest BCUT2D eigenvalue weighted by atomic mass is 16.5. The zero-order chi connectivity index (χ0) is 19.2. The summed E-state index contributed by atoms with van der Waals surface area (Å²) in [5.41, 5.74) is 0.621. The Labute approximate surface area is 158 Å². The van der Waals surface area contributed by atoms with Gasteiger partial charge >= 0.3 is 6.03 Å². The lowest BCUT2D eigenvalue weighted by Crippen LogP contribution is -2.49. The van der Waals surface area contributed by atoms with E-state index in [0.29, 0.717) is 31.1 Å². The zero-order valence-electron chi connectivity index (χ0n) is 15.7. The maximum Gasteiger partial charge on any atom is 0.322 e. The molecule has 1 N–H and O–H groups in total. The summed E-state index contributed by atoms with van der Waals surface area (Å²) in [4.78, 5) is 28.2.